The van der Waals surface area contributed by atoms with Crippen LogP contribution in [0.4, 0.5) is 17.5 Å². The smallest absolute Gasteiger partial charge is 0.247 e. The molecule has 29 heavy (non-hydrogen) atoms. The lowest BCUT2D eigenvalue weighted by atomic mass is 10.1. The maximum atomic E-state index is 5.48. The van der Waals surface area contributed by atoms with E-state index in [9.17, 15) is 0 Å². The summed E-state index contributed by atoms with van der Waals surface area (Å²) in [6, 6.07) is 16.1. The SMILES string of the molecule is c1ccc(Nc2cnnc(N3CCN(Cc4ccc5c(c4)OCO5)CC3)n2)cc1. The normalized spacial score (nSPS) is 16.1. The number of hydrogen-bond donors (Lipinski definition) is 1. The van der Waals surface area contributed by atoms with Gasteiger partial charge in [0, 0.05) is 38.4 Å². The number of anilines is 3. The lowest BCUT2D eigenvalue weighted by Gasteiger charge is -2.34. The predicted molar refractivity (Wildman–Crippen MR) is 110 cm³/mol. The van der Waals surface area contributed by atoms with Crippen molar-refractivity contribution in [3.8, 4) is 11.5 Å². The average Bonchev–Trinajstić information content (AvgIpc) is 3.23. The van der Waals surface area contributed by atoms with Gasteiger partial charge in [-0.2, -0.15) is 10.1 Å². The minimum Gasteiger partial charge on any atom is -0.454 e. The molecule has 8 heteroatoms. The Labute approximate surface area is 169 Å². The Kier molecular flexibility index (Phi) is 4.83. The van der Waals surface area contributed by atoms with Gasteiger partial charge in [-0.3, -0.25) is 4.90 Å². The highest BCUT2D eigenvalue weighted by molar-refractivity contribution is 5.55. The van der Waals surface area contributed by atoms with Gasteiger partial charge in [0.2, 0.25) is 12.7 Å². The van der Waals surface area contributed by atoms with Gasteiger partial charge in [0.05, 0.1) is 6.20 Å². The van der Waals surface area contributed by atoms with Crippen molar-refractivity contribution in [1.29, 1.82) is 0 Å². The molecule has 0 saturated carbocycles. The molecule has 3 heterocycles. The Morgan fingerprint density at radius 3 is 2.62 bits per heavy atom. The molecule has 0 aliphatic carbocycles. The summed E-state index contributed by atoms with van der Waals surface area (Å²) in [6.45, 7) is 4.80. The Bertz CT molecular complexity index is 976. The first-order valence-corrected chi connectivity index (χ1v) is 9.71. The van der Waals surface area contributed by atoms with Gasteiger partial charge >= 0.3 is 0 Å². The zero-order valence-electron chi connectivity index (χ0n) is 16.0. The van der Waals surface area contributed by atoms with Gasteiger partial charge in [0.1, 0.15) is 0 Å². The van der Waals surface area contributed by atoms with Crippen LogP contribution in [0.3, 0.4) is 0 Å². The third-order valence-electron chi connectivity index (χ3n) is 5.09. The zero-order valence-corrected chi connectivity index (χ0v) is 16.0. The molecule has 0 bridgehead atoms. The Balaban J connectivity index is 1.19. The first kappa shape index (κ1) is 17.7. The standard InChI is InChI=1S/C21H22N6O2/c1-2-4-17(5-3-1)23-20-13-22-25-21(24-20)27-10-8-26(9-11-27)14-16-6-7-18-19(12-16)29-15-28-18/h1-7,12-13H,8-11,14-15H2,(H,23,24,25). The van der Waals surface area contributed by atoms with Crippen LogP contribution in [0.15, 0.2) is 54.7 Å². The van der Waals surface area contributed by atoms with Gasteiger partial charge in [-0.15, -0.1) is 5.10 Å². The largest absolute Gasteiger partial charge is 0.454 e. The van der Waals surface area contributed by atoms with Crippen LogP contribution in [-0.2, 0) is 6.54 Å². The number of rotatable bonds is 5. The van der Waals surface area contributed by atoms with Gasteiger partial charge in [-0.25, -0.2) is 0 Å². The van der Waals surface area contributed by atoms with Gasteiger partial charge in [-0.05, 0) is 29.8 Å². The summed E-state index contributed by atoms with van der Waals surface area (Å²) < 4.78 is 10.9. The third kappa shape index (κ3) is 4.07. The molecule has 0 unspecified atom stereocenters. The molecular weight excluding hydrogens is 368 g/mol. The minimum absolute atomic E-state index is 0.309. The van der Waals surface area contributed by atoms with Gasteiger partial charge in [-0.1, -0.05) is 24.3 Å². The van der Waals surface area contributed by atoms with Crippen LogP contribution in [-0.4, -0.2) is 53.1 Å². The summed E-state index contributed by atoms with van der Waals surface area (Å²) in [7, 11) is 0. The van der Waals surface area contributed by atoms with E-state index in [4.69, 9.17) is 9.47 Å². The van der Waals surface area contributed by atoms with Crippen molar-refractivity contribution in [2.45, 2.75) is 6.54 Å². The molecule has 0 radical (unpaired) electrons. The molecule has 2 aromatic carbocycles. The van der Waals surface area contributed by atoms with Crippen LogP contribution in [0.1, 0.15) is 5.56 Å². The summed E-state index contributed by atoms with van der Waals surface area (Å²) in [5.74, 6) is 3.02. The number of para-hydroxylation sites is 1. The summed E-state index contributed by atoms with van der Waals surface area (Å²) in [4.78, 5) is 9.24. The number of nitrogens with zero attached hydrogens (tertiary/aromatic N) is 5. The Morgan fingerprint density at radius 1 is 0.931 bits per heavy atom. The maximum Gasteiger partial charge on any atom is 0.247 e. The summed E-state index contributed by atoms with van der Waals surface area (Å²) >= 11 is 0. The molecule has 1 fully saturated rings. The molecule has 1 N–H and O–H groups in total. The van der Waals surface area contributed by atoms with Crippen LogP contribution in [0.2, 0.25) is 0 Å². The number of hydrogen-bond acceptors (Lipinski definition) is 8. The van der Waals surface area contributed by atoms with Crippen LogP contribution >= 0.6 is 0 Å². The van der Waals surface area contributed by atoms with E-state index < -0.39 is 0 Å². The molecule has 3 aromatic rings. The van der Waals surface area contributed by atoms with Crippen LogP contribution in [0, 0.1) is 0 Å². The van der Waals surface area contributed by atoms with E-state index in [1.807, 2.05) is 36.4 Å². The van der Waals surface area contributed by atoms with Crippen molar-refractivity contribution in [2.24, 2.45) is 0 Å². The Hall–Kier alpha value is -3.39. The van der Waals surface area contributed by atoms with Crippen molar-refractivity contribution in [2.75, 3.05) is 43.2 Å². The summed E-state index contributed by atoms with van der Waals surface area (Å²) in [6.07, 6.45) is 1.65. The second-order valence-electron chi connectivity index (χ2n) is 7.08. The van der Waals surface area contributed by atoms with E-state index in [0.717, 1.165) is 49.9 Å². The van der Waals surface area contributed by atoms with Crippen LogP contribution < -0.4 is 19.7 Å². The second-order valence-corrected chi connectivity index (χ2v) is 7.08. The number of fused-ring (bicyclic) bond motifs is 1. The third-order valence-corrected chi connectivity index (χ3v) is 5.09. The van der Waals surface area contributed by atoms with Gasteiger partial charge in [0.25, 0.3) is 0 Å². The highest BCUT2D eigenvalue weighted by Crippen LogP contribution is 2.32. The molecule has 0 spiro atoms. The molecule has 5 rings (SSSR count). The van der Waals surface area contributed by atoms with Gasteiger partial charge < -0.3 is 19.7 Å². The highest BCUT2D eigenvalue weighted by Gasteiger charge is 2.21. The van der Waals surface area contributed by atoms with Crippen molar-refractivity contribution in [3.05, 3.63) is 60.3 Å². The van der Waals surface area contributed by atoms with E-state index in [1.165, 1.54) is 5.56 Å². The number of benzene rings is 2. The van der Waals surface area contributed by atoms with Crippen LogP contribution in [0.25, 0.3) is 0 Å². The van der Waals surface area contributed by atoms with Crippen molar-refractivity contribution < 1.29 is 9.47 Å². The predicted octanol–water partition coefficient (Wildman–Crippen LogP) is 2.67. The van der Waals surface area contributed by atoms with E-state index >= 15 is 0 Å². The van der Waals surface area contributed by atoms with Gasteiger partial charge in [0.15, 0.2) is 17.3 Å². The lowest BCUT2D eigenvalue weighted by Crippen LogP contribution is -2.46. The van der Waals surface area contributed by atoms with E-state index in [2.05, 4.69) is 42.4 Å². The number of nitrogens with one attached hydrogen (secondary N) is 1. The quantitative estimate of drug-likeness (QED) is 0.713. The molecule has 0 amide bonds. The van der Waals surface area contributed by atoms with E-state index in [-0.39, 0.29) is 0 Å². The second kappa shape index (κ2) is 7.92. The zero-order chi connectivity index (χ0) is 19.5. The fourth-order valence-electron chi connectivity index (χ4n) is 3.56. The number of aromatic nitrogens is 3. The molecule has 2 aliphatic heterocycles. The average molecular weight is 390 g/mol. The summed E-state index contributed by atoms with van der Waals surface area (Å²) in [5, 5.41) is 11.6. The fourth-order valence-corrected chi connectivity index (χ4v) is 3.56. The summed E-state index contributed by atoms with van der Waals surface area (Å²) in [5.41, 5.74) is 2.21. The molecule has 1 aromatic heterocycles. The maximum absolute atomic E-state index is 5.48. The first-order valence-electron chi connectivity index (χ1n) is 9.71. The first-order chi connectivity index (χ1) is 14.3. The number of ether oxygens (including phenoxy) is 2. The highest BCUT2D eigenvalue weighted by atomic mass is 16.7. The van der Waals surface area contributed by atoms with E-state index in [0.29, 0.717) is 18.6 Å². The molecule has 1 saturated heterocycles. The number of piperazine rings is 1. The van der Waals surface area contributed by atoms with Crippen molar-refractivity contribution in [3.63, 3.8) is 0 Å². The minimum atomic E-state index is 0.309. The lowest BCUT2D eigenvalue weighted by molar-refractivity contribution is 0.174. The monoisotopic (exact) mass is 390 g/mol. The van der Waals surface area contributed by atoms with Crippen molar-refractivity contribution >= 4 is 17.5 Å². The molecule has 148 valence electrons. The van der Waals surface area contributed by atoms with Crippen LogP contribution in [0.5, 0.6) is 11.5 Å². The molecule has 0 atom stereocenters. The van der Waals surface area contributed by atoms with E-state index in [1.54, 1.807) is 6.20 Å². The fraction of sp³-hybridized carbons (Fsp3) is 0.286. The molecular formula is C21H22N6O2. The topological polar surface area (TPSA) is 75.6 Å². The van der Waals surface area contributed by atoms with Crippen molar-refractivity contribution in [1.82, 2.24) is 20.1 Å². The Morgan fingerprint density at radius 2 is 1.76 bits per heavy atom. The molecule has 8 nitrogen and oxygen atoms in total. The molecule has 2 aliphatic rings.